The molecule has 2 amide bonds. The molecule has 0 bridgehead atoms. The van der Waals surface area contributed by atoms with Gasteiger partial charge in [-0.15, -0.1) is 0 Å². The first-order valence-corrected chi connectivity index (χ1v) is 7.16. The summed E-state index contributed by atoms with van der Waals surface area (Å²) in [4.78, 5) is 25.7. The maximum Gasteiger partial charge on any atom is 0.251 e. The van der Waals surface area contributed by atoms with Gasteiger partial charge in [0.05, 0.1) is 6.54 Å². The normalized spacial score (nSPS) is 10.1. The lowest BCUT2D eigenvalue weighted by Gasteiger charge is -2.17. The van der Waals surface area contributed by atoms with Crippen molar-refractivity contribution >= 4 is 17.5 Å². The van der Waals surface area contributed by atoms with E-state index in [9.17, 15) is 9.59 Å². The summed E-state index contributed by atoms with van der Waals surface area (Å²) in [6, 6.07) is 14.8. The van der Waals surface area contributed by atoms with E-state index in [1.165, 1.54) is 4.90 Å². The molecule has 2 aromatic rings. The quantitative estimate of drug-likeness (QED) is 0.943. The SMILES string of the molecule is Cc1ccc(C(=O)NCC(=O)N(C)c2ccccc2)cc1C. The maximum atomic E-state index is 12.1. The van der Waals surface area contributed by atoms with Crippen molar-refractivity contribution in [2.75, 3.05) is 18.5 Å². The van der Waals surface area contributed by atoms with Crippen molar-refractivity contribution in [1.29, 1.82) is 0 Å². The summed E-state index contributed by atoms with van der Waals surface area (Å²) in [6.07, 6.45) is 0. The molecular formula is C18H20N2O2. The molecule has 0 aromatic heterocycles. The van der Waals surface area contributed by atoms with Crippen molar-refractivity contribution in [1.82, 2.24) is 5.32 Å². The number of nitrogens with one attached hydrogen (secondary N) is 1. The van der Waals surface area contributed by atoms with Gasteiger partial charge in [-0.05, 0) is 49.2 Å². The molecular weight excluding hydrogens is 276 g/mol. The molecule has 0 aliphatic carbocycles. The van der Waals surface area contributed by atoms with Gasteiger partial charge in [0.2, 0.25) is 5.91 Å². The molecule has 0 aliphatic heterocycles. The van der Waals surface area contributed by atoms with E-state index in [4.69, 9.17) is 0 Å². The molecule has 114 valence electrons. The first-order valence-electron chi connectivity index (χ1n) is 7.16. The van der Waals surface area contributed by atoms with E-state index in [2.05, 4.69) is 5.32 Å². The zero-order valence-corrected chi connectivity index (χ0v) is 13.1. The van der Waals surface area contributed by atoms with E-state index in [0.29, 0.717) is 5.56 Å². The largest absolute Gasteiger partial charge is 0.343 e. The van der Waals surface area contributed by atoms with Crippen molar-refractivity contribution < 1.29 is 9.59 Å². The van der Waals surface area contributed by atoms with Gasteiger partial charge in [0.15, 0.2) is 0 Å². The number of hydrogen-bond acceptors (Lipinski definition) is 2. The van der Waals surface area contributed by atoms with Gasteiger partial charge in [0, 0.05) is 18.3 Å². The molecule has 4 heteroatoms. The van der Waals surface area contributed by atoms with Crippen LogP contribution < -0.4 is 10.2 Å². The molecule has 2 aromatic carbocycles. The molecule has 4 nitrogen and oxygen atoms in total. The van der Waals surface area contributed by atoms with Crippen LogP contribution in [0.15, 0.2) is 48.5 Å². The summed E-state index contributed by atoms with van der Waals surface area (Å²) in [5.41, 5.74) is 3.56. The number of carbonyl (C=O) groups is 2. The van der Waals surface area contributed by atoms with Crippen molar-refractivity contribution in [3.05, 3.63) is 65.2 Å². The Hall–Kier alpha value is -2.62. The van der Waals surface area contributed by atoms with Crippen LogP contribution in [-0.2, 0) is 4.79 Å². The number of nitrogens with zero attached hydrogens (tertiary/aromatic N) is 1. The third-order valence-corrected chi connectivity index (χ3v) is 3.69. The monoisotopic (exact) mass is 296 g/mol. The van der Waals surface area contributed by atoms with Crippen molar-refractivity contribution in [2.45, 2.75) is 13.8 Å². The number of rotatable bonds is 4. The summed E-state index contributed by atoms with van der Waals surface area (Å²) in [7, 11) is 1.69. The van der Waals surface area contributed by atoms with Crippen molar-refractivity contribution in [3.8, 4) is 0 Å². The number of benzene rings is 2. The average Bonchev–Trinajstić information content (AvgIpc) is 2.54. The van der Waals surface area contributed by atoms with Crippen LogP contribution in [0.1, 0.15) is 21.5 Å². The molecule has 0 aliphatic rings. The van der Waals surface area contributed by atoms with Crippen LogP contribution in [0.2, 0.25) is 0 Å². The highest BCUT2D eigenvalue weighted by Gasteiger charge is 2.13. The minimum Gasteiger partial charge on any atom is -0.343 e. The highest BCUT2D eigenvalue weighted by Crippen LogP contribution is 2.11. The molecule has 2 rings (SSSR count). The molecule has 0 fully saturated rings. The van der Waals surface area contributed by atoms with E-state index in [0.717, 1.165) is 16.8 Å². The average molecular weight is 296 g/mol. The fourth-order valence-electron chi connectivity index (χ4n) is 2.05. The molecule has 0 unspecified atom stereocenters. The first-order chi connectivity index (χ1) is 10.5. The van der Waals surface area contributed by atoms with E-state index in [-0.39, 0.29) is 18.4 Å². The second-order valence-corrected chi connectivity index (χ2v) is 5.27. The number of hydrogen-bond donors (Lipinski definition) is 1. The third kappa shape index (κ3) is 3.73. The van der Waals surface area contributed by atoms with Crippen LogP contribution in [-0.4, -0.2) is 25.4 Å². The fourth-order valence-corrected chi connectivity index (χ4v) is 2.05. The summed E-state index contributed by atoms with van der Waals surface area (Å²) in [5, 5.41) is 2.67. The minimum atomic E-state index is -0.238. The number of likely N-dealkylation sites (N-methyl/N-ethyl adjacent to an activating group) is 1. The van der Waals surface area contributed by atoms with E-state index < -0.39 is 0 Å². The Bertz CT molecular complexity index is 681. The molecule has 1 N–H and O–H groups in total. The molecule has 0 saturated carbocycles. The minimum absolute atomic E-state index is 0.0306. The second-order valence-electron chi connectivity index (χ2n) is 5.27. The van der Waals surface area contributed by atoms with Gasteiger partial charge >= 0.3 is 0 Å². The van der Waals surface area contributed by atoms with Gasteiger partial charge in [0.25, 0.3) is 5.91 Å². The topological polar surface area (TPSA) is 49.4 Å². The summed E-state index contributed by atoms with van der Waals surface area (Å²) in [5.74, 6) is -0.402. The number of amides is 2. The predicted octanol–water partition coefficient (Wildman–Crippen LogP) is 2.70. The molecule has 0 radical (unpaired) electrons. The lowest BCUT2D eigenvalue weighted by molar-refractivity contribution is -0.117. The van der Waals surface area contributed by atoms with Gasteiger partial charge in [-0.25, -0.2) is 0 Å². The highest BCUT2D eigenvalue weighted by molar-refractivity contribution is 6.00. The number of aryl methyl sites for hydroxylation is 2. The second kappa shape index (κ2) is 6.89. The van der Waals surface area contributed by atoms with E-state index >= 15 is 0 Å². The van der Waals surface area contributed by atoms with Crippen LogP contribution in [0.3, 0.4) is 0 Å². The lowest BCUT2D eigenvalue weighted by atomic mass is 10.1. The Morgan fingerprint density at radius 2 is 1.68 bits per heavy atom. The van der Waals surface area contributed by atoms with E-state index in [1.807, 2.05) is 56.3 Å². The first kappa shape index (κ1) is 15.8. The van der Waals surface area contributed by atoms with Crippen LogP contribution in [0.25, 0.3) is 0 Å². The predicted molar refractivity (Wildman–Crippen MR) is 88.1 cm³/mol. The maximum absolute atomic E-state index is 12.1. The molecule has 0 saturated heterocycles. The zero-order valence-electron chi connectivity index (χ0n) is 13.1. The van der Waals surface area contributed by atoms with Gasteiger partial charge < -0.3 is 10.2 Å². The molecule has 22 heavy (non-hydrogen) atoms. The lowest BCUT2D eigenvalue weighted by Crippen LogP contribution is -2.38. The van der Waals surface area contributed by atoms with Crippen LogP contribution in [0.5, 0.6) is 0 Å². The van der Waals surface area contributed by atoms with Crippen LogP contribution >= 0.6 is 0 Å². The number of para-hydroxylation sites is 1. The number of anilines is 1. The zero-order chi connectivity index (χ0) is 16.1. The summed E-state index contributed by atoms with van der Waals surface area (Å²) in [6.45, 7) is 3.92. The van der Waals surface area contributed by atoms with Gasteiger partial charge in [-0.2, -0.15) is 0 Å². The van der Waals surface area contributed by atoms with Gasteiger partial charge in [-0.3, -0.25) is 9.59 Å². The van der Waals surface area contributed by atoms with Gasteiger partial charge in [0.1, 0.15) is 0 Å². The van der Waals surface area contributed by atoms with E-state index in [1.54, 1.807) is 13.1 Å². The van der Waals surface area contributed by atoms with Crippen molar-refractivity contribution in [3.63, 3.8) is 0 Å². The Morgan fingerprint density at radius 1 is 1.00 bits per heavy atom. The highest BCUT2D eigenvalue weighted by atomic mass is 16.2. The van der Waals surface area contributed by atoms with Crippen LogP contribution in [0.4, 0.5) is 5.69 Å². The molecule has 0 heterocycles. The molecule has 0 spiro atoms. The van der Waals surface area contributed by atoms with Gasteiger partial charge in [-0.1, -0.05) is 24.3 Å². The van der Waals surface area contributed by atoms with Crippen LogP contribution in [0, 0.1) is 13.8 Å². The van der Waals surface area contributed by atoms with Crippen molar-refractivity contribution in [2.24, 2.45) is 0 Å². The molecule has 0 atom stereocenters. The number of carbonyl (C=O) groups excluding carboxylic acids is 2. The Morgan fingerprint density at radius 3 is 2.32 bits per heavy atom. The summed E-state index contributed by atoms with van der Waals surface area (Å²) >= 11 is 0. The summed E-state index contributed by atoms with van der Waals surface area (Å²) < 4.78 is 0. The third-order valence-electron chi connectivity index (χ3n) is 3.69. The smallest absolute Gasteiger partial charge is 0.251 e. The standard InChI is InChI=1S/C18H20N2O2/c1-13-9-10-15(11-14(13)2)18(22)19-12-17(21)20(3)16-7-5-4-6-8-16/h4-11H,12H2,1-3H3,(H,19,22). The fraction of sp³-hybridized carbons (Fsp3) is 0.222. The Labute approximate surface area is 130 Å². The Kier molecular flexibility index (Phi) is 4.94. The Balaban J connectivity index is 1.96.